The number of aromatic nitrogens is 4. The molecule has 0 atom stereocenters. The fraction of sp³-hybridized carbons (Fsp3) is 0. The molecular formula is C6H4N4O. The summed E-state index contributed by atoms with van der Waals surface area (Å²) >= 11 is 0. The van der Waals surface area contributed by atoms with Crippen molar-refractivity contribution in [3.05, 3.63) is 29.9 Å². The van der Waals surface area contributed by atoms with E-state index in [4.69, 9.17) is 0 Å². The zero-order chi connectivity index (χ0) is 7.68. The van der Waals surface area contributed by atoms with Gasteiger partial charge in [-0.2, -0.15) is 0 Å². The molecule has 0 bridgehead atoms. The highest BCUT2D eigenvalue weighted by atomic mass is 16.5. The molecule has 0 unspecified atom stereocenters. The molecule has 0 N–H and O–H groups in total. The summed E-state index contributed by atoms with van der Waals surface area (Å²) in [5.74, 6) is 0. The van der Waals surface area contributed by atoms with Gasteiger partial charge in [-0.1, -0.05) is 0 Å². The monoisotopic (exact) mass is 148 g/mol. The number of fused-ring (bicyclic) bond motifs is 1. The van der Waals surface area contributed by atoms with E-state index < -0.39 is 0 Å². The Labute approximate surface area is 61.9 Å². The molecule has 0 aliphatic rings. The fourth-order valence-electron chi connectivity index (χ4n) is 0.840. The Balaban J connectivity index is 2.91. The molecule has 0 fully saturated rings. The van der Waals surface area contributed by atoms with Crippen molar-refractivity contribution in [2.75, 3.05) is 0 Å². The van der Waals surface area contributed by atoms with Gasteiger partial charge in [-0.15, -0.1) is 10.2 Å². The van der Waals surface area contributed by atoms with Crippen LogP contribution in [0.1, 0.15) is 0 Å². The second kappa shape index (κ2) is 2.12. The maximum atomic E-state index is 11.0. The zero-order valence-corrected chi connectivity index (χ0v) is 5.51. The standard InChI is InChI=1S/C6H4N4O/c11-10-3-1-2-5-6(10)7-4-8-9-5/h1-4H. The van der Waals surface area contributed by atoms with Crippen LogP contribution in [0.5, 0.6) is 0 Å². The number of rotatable bonds is 0. The van der Waals surface area contributed by atoms with E-state index in [2.05, 4.69) is 15.2 Å². The van der Waals surface area contributed by atoms with Crippen LogP contribution < -0.4 is 4.73 Å². The van der Waals surface area contributed by atoms with Crippen molar-refractivity contribution in [1.29, 1.82) is 0 Å². The summed E-state index contributed by atoms with van der Waals surface area (Å²) in [6, 6.07) is 3.29. The third kappa shape index (κ3) is 0.861. The van der Waals surface area contributed by atoms with Crippen LogP contribution in [0.3, 0.4) is 0 Å². The first-order valence-electron chi connectivity index (χ1n) is 3.03. The molecule has 0 aliphatic heterocycles. The van der Waals surface area contributed by atoms with E-state index >= 15 is 0 Å². The smallest absolute Gasteiger partial charge is 0.355 e. The Morgan fingerprint density at radius 1 is 1.45 bits per heavy atom. The van der Waals surface area contributed by atoms with Gasteiger partial charge in [0, 0.05) is 0 Å². The first-order valence-corrected chi connectivity index (χ1v) is 3.03. The molecule has 0 radical (unpaired) electrons. The van der Waals surface area contributed by atoms with Gasteiger partial charge >= 0.3 is 5.65 Å². The molecule has 2 heterocycles. The van der Waals surface area contributed by atoms with Crippen LogP contribution in [0.25, 0.3) is 11.2 Å². The maximum absolute atomic E-state index is 11.0. The highest BCUT2D eigenvalue weighted by Crippen LogP contribution is 1.97. The highest BCUT2D eigenvalue weighted by Gasteiger charge is 2.03. The molecule has 0 spiro atoms. The lowest BCUT2D eigenvalue weighted by atomic mass is 10.4. The lowest BCUT2D eigenvalue weighted by Crippen LogP contribution is -2.27. The van der Waals surface area contributed by atoms with Gasteiger partial charge in [-0.25, -0.2) is 4.73 Å². The summed E-state index contributed by atoms with van der Waals surface area (Å²) in [5, 5.41) is 18.2. The van der Waals surface area contributed by atoms with Crippen LogP contribution in [0, 0.1) is 5.21 Å². The molecular weight excluding hydrogens is 144 g/mol. The van der Waals surface area contributed by atoms with Crippen LogP contribution in [-0.2, 0) is 0 Å². The number of hydrogen-bond acceptors (Lipinski definition) is 4. The van der Waals surface area contributed by atoms with Gasteiger partial charge in [0.2, 0.25) is 6.33 Å². The summed E-state index contributed by atoms with van der Waals surface area (Å²) in [4.78, 5) is 3.76. The Morgan fingerprint density at radius 2 is 2.36 bits per heavy atom. The molecule has 0 aromatic carbocycles. The van der Waals surface area contributed by atoms with Crippen molar-refractivity contribution in [2.24, 2.45) is 0 Å². The van der Waals surface area contributed by atoms with Crippen LogP contribution in [0.2, 0.25) is 0 Å². The normalized spacial score (nSPS) is 10.2. The average molecular weight is 148 g/mol. The molecule has 5 nitrogen and oxygen atoms in total. The van der Waals surface area contributed by atoms with E-state index in [0.717, 1.165) is 0 Å². The Hall–Kier alpha value is -1.78. The number of nitrogens with zero attached hydrogens (tertiary/aromatic N) is 4. The highest BCUT2D eigenvalue weighted by molar-refractivity contribution is 5.64. The second-order valence-corrected chi connectivity index (χ2v) is 2.00. The molecule has 0 saturated carbocycles. The first kappa shape index (κ1) is 5.96. The van der Waals surface area contributed by atoms with Gasteiger partial charge in [0.05, 0.1) is 6.20 Å². The van der Waals surface area contributed by atoms with Gasteiger partial charge < -0.3 is 5.21 Å². The van der Waals surface area contributed by atoms with E-state index in [-0.39, 0.29) is 0 Å². The summed E-state index contributed by atoms with van der Waals surface area (Å²) in [7, 11) is 0. The van der Waals surface area contributed by atoms with Gasteiger partial charge in [0.1, 0.15) is 0 Å². The minimum atomic E-state index is 0.294. The third-order valence-electron chi connectivity index (χ3n) is 1.31. The third-order valence-corrected chi connectivity index (χ3v) is 1.31. The molecule has 11 heavy (non-hydrogen) atoms. The molecule has 2 rings (SSSR count). The predicted molar refractivity (Wildman–Crippen MR) is 36.3 cm³/mol. The van der Waals surface area contributed by atoms with Crippen LogP contribution >= 0.6 is 0 Å². The van der Waals surface area contributed by atoms with Crippen molar-refractivity contribution >= 4 is 11.2 Å². The van der Waals surface area contributed by atoms with Crippen LogP contribution in [0.15, 0.2) is 24.7 Å². The molecule has 54 valence electrons. The fourth-order valence-corrected chi connectivity index (χ4v) is 0.840. The first-order chi connectivity index (χ1) is 5.38. The topological polar surface area (TPSA) is 65.6 Å². The molecule has 5 heteroatoms. The van der Waals surface area contributed by atoms with Crippen molar-refractivity contribution in [2.45, 2.75) is 0 Å². The predicted octanol–water partition coefficient (Wildman–Crippen LogP) is -0.342. The quantitative estimate of drug-likeness (QED) is 0.378. The number of pyridine rings is 1. The Morgan fingerprint density at radius 3 is 3.18 bits per heavy atom. The summed E-state index contributed by atoms with van der Waals surface area (Å²) < 4.78 is 0.657. The van der Waals surface area contributed by atoms with Gasteiger partial charge in [0.25, 0.3) is 0 Å². The van der Waals surface area contributed by atoms with E-state index in [9.17, 15) is 5.21 Å². The minimum absolute atomic E-state index is 0.294. The molecule has 2 aromatic rings. The van der Waals surface area contributed by atoms with E-state index in [1.807, 2.05) is 0 Å². The van der Waals surface area contributed by atoms with Crippen molar-refractivity contribution in [3.63, 3.8) is 0 Å². The lowest BCUT2D eigenvalue weighted by molar-refractivity contribution is -0.579. The minimum Gasteiger partial charge on any atom is -0.710 e. The zero-order valence-electron chi connectivity index (χ0n) is 5.51. The molecule has 2 aromatic heterocycles. The Kier molecular flexibility index (Phi) is 1.15. The van der Waals surface area contributed by atoms with Crippen molar-refractivity contribution in [3.8, 4) is 0 Å². The number of hydrogen-bond donors (Lipinski definition) is 0. The summed E-state index contributed by atoms with van der Waals surface area (Å²) in [6.45, 7) is 0. The van der Waals surface area contributed by atoms with E-state index in [1.165, 1.54) is 12.5 Å². The lowest BCUT2D eigenvalue weighted by Gasteiger charge is -1.99. The largest absolute Gasteiger partial charge is 0.710 e. The molecule has 0 aliphatic carbocycles. The Bertz CT molecular complexity index is 384. The summed E-state index contributed by atoms with van der Waals surface area (Å²) in [6.07, 6.45) is 2.62. The van der Waals surface area contributed by atoms with Gasteiger partial charge in [0.15, 0.2) is 5.52 Å². The van der Waals surface area contributed by atoms with E-state index in [1.54, 1.807) is 12.1 Å². The average Bonchev–Trinajstić information content (AvgIpc) is 2.06. The molecule has 0 amide bonds. The van der Waals surface area contributed by atoms with Crippen LogP contribution in [0.4, 0.5) is 0 Å². The van der Waals surface area contributed by atoms with Crippen molar-refractivity contribution < 1.29 is 4.73 Å². The van der Waals surface area contributed by atoms with Gasteiger partial charge in [-0.05, 0) is 17.1 Å². The van der Waals surface area contributed by atoms with Gasteiger partial charge in [-0.3, -0.25) is 0 Å². The second-order valence-electron chi connectivity index (χ2n) is 2.00. The van der Waals surface area contributed by atoms with Crippen LogP contribution in [-0.4, -0.2) is 15.2 Å². The SMILES string of the molecule is [O-][n+]1cccc2nncnc21. The molecule has 0 saturated heterocycles. The summed E-state index contributed by atoms with van der Waals surface area (Å²) in [5.41, 5.74) is 0.799. The maximum Gasteiger partial charge on any atom is 0.355 e. The van der Waals surface area contributed by atoms with Crippen molar-refractivity contribution in [1.82, 2.24) is 15.2 Å². The van der Waals surface area contributed by atoms with E-state index in [0.29, 0.717) is 15.9 Å².